The average Bonchev–Trinajstić information content (AvgIpc) is 3.19. The molecule has 130 valence electrons. The summed E-state index contributed by atoms with van der Waals surface area (Å²) in [6.07, 6.45) is 2.24. The quantitative estimate of drug-likeness (QED) is 0.852. The van der Waals surface area contributed by atoms with E-state index < -0.39 is 5.66 Å². The minimum absolute atomic E-state index is 0.0542. The molecule has 1 aromatic heterocycles. The van der Waals surface area contributed by atoms with Gasteiger partial charge in [-0.2, -0.15) is 4.98 Å². The third-order valence-corrected chi connectivity index (χ3v) is 5.12. The van der Waals surface area contributed by atoms with E-state index in [9.17, 15) is 9.59 Å². The van der Waals surface area contributed by atoms with Crippen molar-refractivity contribution in [2.45, 2.75) is 45.2 Å². The van der Waals surface area contributed by atoms with Crippen LogP contribution in [0.1, 0.15) is 48.8 Å². The lowest BCUT2D eigenvalue weighted by Gasteiger charge is -2.48. The number of hydrogen-bond acceptors (Lipinski definition) is 5. The molecule has 3 heterocycles. The monoisotopic (exact) mass is 340 g/mol. The maximum Gasteiger partial charge on any atom is 0.257 e. The number of aromatic nitrogens is 2. The zero-order valence-electron chi connectivity index (χ0n) is 14.4. The summed E-state index contributed by atoms with van der Waals surface area (Å²) >= 11 is 0. The number of carbonyl (C=O) groups is 2. The van der Waals surface area contributed by atoms with Gasteiger partial charge in [0.2, 0.25) is 11.8 Å². The molecule has 1 saturated heterocycles. The van der Waals surface area contributed by atoms with Crippen LogP contribution in [0.3, 0.4) is 0 Å². The van der Waals surface area contributed by atoms with Crippen LogP contribution in [0, 0.1) is 0 Å². The van der Waals surface area contributed by atoms with E-state index in [1.807, 2.05) is 32.0 Å². The predicted octanol–water partition coefficient (Wildman–Crippen LogP) is 2.17. The normalized spacial score (nSPS) is 22.3. The number of aryl methyl sites for hydroxylation is 1. The molecule has 2 aliphatic heterocycles. The van der Waals surface area contributed by atoms with Gasteiger partial charge in [-0.1, -0.05) is 24.2 Å². The summed E-state index contributed by atoms with van der Waals surface area (Å²) < 4.78 is 5.24. The molecule has 2 aliphatic rings. The SMILES string of the molecule is CCc1noc(CCN2C(=O)c3ccccc3N3C(=O)CC[C@]23C)n1. The van der Waals surface area contributed by atoms with Crippen molar-refractivity contribution in [1.29, 1.82) is 0 Å². The predicted molar refractivity (Wildman–Crippen MR) is 90.0 cm³/mol. The summed E-state index contributed by atoms with van der Waals surface area (Å²) in [6, 6.07) is 7.30. The van der Waals surface area contributed by atoms with Gasteiger partial charge in [0.1, 0.15) is 5.66 Å². The molecule has 1 atom stereocenters. The summed E-state index contributed by atoms with van der Waals surface area (Å²) in [6.45, 7) is 4.35. The zero-order valence-corrected chi connectivity index (χ0v) is 14.4. The number of nitrogens with zero attached hydrogens (tertiary/aromatic N) is 4. The third-order valence-electron chi connectivity index (χ3n) is 5.12. The van der Waals surface area contributed by atoms with Crippen LogP contribution in [0.25, 0.3) is 0 Å². The largest absolute Gasteiger partial charge is 0.339 e. The Labute approximate surface area is 145 Å². The van der Waals surface area contributed by atoms with Gasteiger partial charge in [-0.3, -0.25) is 14.5 Å². The highest BCUT2D eigenvalue weighted by atomic mass is 16.5. The zero-order chi connectivity index (χ0) is 17.6. The number of para-hydroxylation sites is 1. The van der Waals surface area contributed by atoms with Gasteiger partial charge in [-0.05, 0) is 25.5 Å². The van der Waals surface area contributed by atoms with Crippen LogP contribution < -0.4 is 4.90 Å². The fraction of sp³-hybridized carbons (Fsp3) is 0.444. The van der Waals surface area contributed by atoms with E-state index in [0.717, 1.165) is 0 Å². The van der Waals surface area contributed by atoms with Crippen molar-refractivity contribution in [3.05, 3.63) is 41.5 Å². The average molecular weight is 340 g/mol. The summed E-state index contributed by atoms with van der Waals surface area (Å²) in [5.74, 6) is 1.18. The van der Waals surface area contributed by atoms with Crippen molar-refractivity contribution < 1.29 is 14.1 Å². The molecule has 0 saturated carbocycles. The second-order valence-electron chi connectivity index (χ2n) is 6.63. The fourth-order valence-corrected chi connectivity index (χ4v) is 3.78. The number of benzene rings is 1. The molecule has 1 aromatic carbocycles. The first-order chi connectivity index (χ1) is 12.0. The highest BCUT2D eigenvalue weighted by Crippen LogP contribution is 2.43. The Morgan fingerprint density at radius 3 is 2.84 bits per heavy atom. The van der Waals surface area contributed by atoms with Crippen molar-refractivity contribution >= 4 is 17.5 Å². The van der Waals surface area contributed by atoms with E-state index in [0.29, 0.717) is 55.2 Å². The lowest BCUT2D eigenvalue weighted by Crippen LogP contribution is -2.62. The molecule has 0 bridgehead atoms. The molecule has 2 aromatic rings. The van der Waals surface area contributed by atoms with Crippen LogP contribution in [0.2, 0.25) is 0 Å². The van der Waals surface area contributed by atoms with Crippen molar-refractivity contribution in [3.8, 4) is 0 Å². The Bertz CT molecular complexity index is 846. The van der Waals surface area contributed by atoms with Crippen molar-refractivity contribution in [2.75, 3.05) is 11.4 Å². The first-order valence-corrected chi connectivity index (χ1v) is 8.60. The summed E-state index contributed by atoms with van der Waals surface area (Å²) in [5.41, 5.74) is 0.630. The molecular weight excluding hydrogens is 320 g/mol. The number of hydrogen-bond donors (Lipinski definition) is 0. The first kappa shape index (κ1) is 15.8. The van der Waals surface area contributed by atoms with E-state index in [-0.39, 0.29) is 11.8 Å². The van der Waals surface area contributed by atoms with Crippen LogP contribution in [0.4, 0.5) is 5.69 Å². The molecule has 7 heteroatoms. The molecular formula is C18H20N4O3. The van der Waals surface area contributed by atoms with E-state index >= 15 is 0 Å². The number of fused-ring (bicyclic) bond motifs is 3. The minimum atomic E-state index is -0.643. The van der Waals surface area contributed by atoms with Crippen LogP contribution >= 0.6 is 0 Å². The number of rotatable bonds is 4. The second kappa shape index (κ2) is 5.68. The first-order valence-electron chi connectivity index (χ1n) is 8.60. The van der Waals surface area contributed by atoms with Crippen LogP contribution in [-0.2, 0) is 17.6 Å². The summed E-state index contributed by atoms with van der Waals surface area (Å²) in [5, 5.41) is 3.90. The molecule has 4 rings (SSSR count). The number of amides is 2. The van der Waals surface area contributed by atoms with Gasteiger partial charge in [0.25, 0.3) is 5.91 Å². The smallest absolute Gasteiger partial charge is 0.257 e. The van der Waals surface area contributed by atoms with Crippen LogP contribution in [-0.4, -0.2) is 39.1 Å². The van der Waals surface area contributed by atoms with Gasteiger partial charge in [-0.15, -0.1) is 0 Å². The molecule has 0 spiro atoms. The van der Waals surface area contributed by atoms with Gasteiger partial charge < -0.3 is 9.42 Å². The molecule has 0 unspecified atom stereocenters. The van der Waals surface area contributed by atoms with E-state index in [4.69, 9.17) is 4.52 Å². The number of anilines is 1. The van der Waals surface area contributed by atoms with Crippen LogP contribution in [0.5, 0.6) is 0 Å². The van der Waals surface area contributed by atoms with E-state index in [1.165, 1.54) is 0 Å². The van der Waals surface area contributed by atoms with Crippen molar-refractivity contribution in [2.24, 2.45) is 0 Å². The van der Waals surface area contributed by atoms with Gasteiger partial charge in [-0.25, -0.2) is 0 Å². The highest BCUT2D eigenvalue weighted by Gasteiger charge is 2.52. The van der Waals surface area contributed by atoms with Crippen molar-refractivity contribution in [1.82, 2.24) is 15.0 Å². The van der Waals surface area contributed by atoms with Gasteiger partial charge in [0.05, 0.1) is 11.3 Å². The fourth-order valence-electron chi connectivity index (χ4n) is 3.78. The van der Waals surface area contributed by atoms with E-state index in [1.54, 1.807) is 15.9 Å². The summed E-state index contributed by atoms with van der Waals surface area (Å²) in [7, 11) is 0. The standard InChI is InChI=1S/C18H20N4O3/c1-3-14-19-15(25-20-14)9-11-21-17(24)12-6-4-5-7-13(12)22-16(23)8-10-18(21,22)2/h4-7H,3,8-11H2,1-2H3/t18-/m1/s1. The van der Waals surface area contributed by atoms with Crippen molar-refractivity contribution in [3.63, 3.8) is 0 Å². The van der Waals surface area contributed by atoms with Gasteiger partial charge in [0.15, 0.2) is 5.82 Å². The van der Waals surface area contributed by atoms with Gasteiger partial charge >= 0.3 is 0 Å². The lowest BCUT2D eigenvalue weighted by atomic mass is 9.98. The summed E-state index contributed by atoms with van der Waals surface area (Å²) in [4.78, 5) is 33.4. The van der Waals surface area contributed by atoms with Crippen LogP contribution in [0.15, 0.2) is 28.8 Å². The Kier molecular flexibility index (Phi) is 3.59. The Morgan fingerprint density at radius 2 is 2.08 bits per heavy atom. The number of carbonyl (C=O) groups excluding carboxylic acids is 2. The second-order valence-corrected chi connectivity index (χ2v) is 6.63. The maximum atomic E-state index is 13.1. The minimum Gasteiger partial charge on any atom is -0.339 e. The molecule has 7 nitrogen and oxygen atoms in total. The molecule has 0 radical (unpaired) electrons. The molecule has 1 fully saturated rings. The molecule has 0 N–H and O–H groups in total. The molecule has 0 aliphatic carbocycles. The Balaban J connectivity index is 1.67. The third kappa shape index (κ3) is 2.33. The highest BCUT2D eigenvalue weighted by molar-refractivity contribution is 6.10. The molecule has 2 amide bonds. The lowest BCUT2D eigenvalue weighted by molar-refractivity contribution is -0.117. The maximum absolute atomic E-state index is 13.1. The topological polar surface area (TPSA) is 79.5 Å². The Hall–Kier alpha value is -2.70. The Morgan fingerprint density at radius 1 is 1.28 bits per heavy atom. The van der Waals surface area contributed by atoms with Gasteiger partial charge in [0, 0.05) is 25.8 Å². The molecule has 25 heavy (non-hydrogen) atoms. The van der Waals surface area contributed by atoms with E-state index in [2.05, 4.69) is 10.1 Å².